The summed E-state index contributed by atoms with van der Waals surface area (Å²) in [4.78, 5) is 59.7. The number of hydrogen-bond donors (Lipinski definition) is 4. The van der Waals surface area contributed by atoms with Gasteiger partial charge in [-0.05, 0) is 48.5 Å². The van der Waals surface area contributed by atoms with E-state index in [1.54, 1.807) is 24.3 Å². The summed E-state index contributed by atoms with van der Waals surface area (Å²) in [6.07, 6.45) is -0.652. The molecule has 0 aromatic heterocycles. The number of benzene rings is 2. The summed E-state index contributed by atoms with van der Waals surface area (Å²) >= 11 is 0.937. The van der Waals surface area contributed by atoms with Gasteiger partial charge in [-0.3, -0.25) is 29.8 Å². The quantitative estimate of drug-likeness (QED) is 0.0453. The normalized spacial score (nSPS) is 11.7. The first-order valence-electron chi connectivity index (χ1n) is 12.3. The van der Waals surface area contributed by atoms with Crippen LogP contribution in [0.2, 0.25) is 0 Å². The van der Waals surface area contributed by atoms with Crippen LogP contribution in [-0.2, 0) is 57.5 Å². The lowest BCUT2D eigenvalue weighted by molar-refractivity contribution is -0.195. The van der Waals surface area contributed by atoms with Gasteiger partial charge in [-0.15, -0.1) is 21.7 Å². The van der Waals surface area contributed by atoms with E-state index in [0.717, 1.165) is 16.9 Å². The average molecular weight is 709 g/mol. The van der Waals surface area contributed by atoms with Crippen LogP contribution in [0, 0.1) is 0 Å². The summed E-state index contributed by atoms with van der Waals surface area (Å²) in [6.45, 7) is 0. The molecule has 0 spiro atoms. The summed E-state index contributed by atoms with van der Waals surface area (Å²) in [7, 11) is 0.0449. The summed E-state index contributed by atoms with van der Waals surface area (Å²) in [5.41, 5.74) is 4.07. The van der Waals surface area contributed by atoms with Crippen molar-refractivity contribution in [1.29, 1.82) is 0 Å². The number of hydrogen-bond acceptors (Lipinski definition) is 17. The van der Waals surface area contributed by atoms with Crippen LogP contribution in [0.3, 0.4) is 0 Å². The van der Waals surface area contributed by atoms with Crippen molar-refractivity contribution in [3.63, 3.8) is 0 Å². The number of hydrazone groups is 1. The second kappa shape index (κ2) is 21.6. The molecule has 0 bridgehead atoms. The Labute approximate surface area is 274 Å². The highest BCUT2D eigenvalue weighted by atomic mass is 35.5. The Bertz CT molecular complexity index is 1440. The molecule has 0 saturated carbocycles. The number of methoxy groups -OCH3 is 3. The summed E-state index contributed by atoms with van der Waals surface area (Å²) in [6, 6.07) is 12.7. The molecule has 21 heteroatoms. The molecule has 0 unspecified atom stereocenters. The Morgan fingerprint density at radius 2 is 1.43 bits per heavy atom. The second-order valence-corrected chi connectivity index (χ2v) is 10.6. The Balaban J connectivity index is 0.000000700. The maximum absolute atomic E-state index is 11.9. The standard InChI is InChI=1S/C12H13N3O5S.C7H10O5.C6H9N3O2S.ClH/c1-18-12(17)7-8-6-11(16)15(14-8)9-2-4-10(5-3-9)21-20-19-13;1-11-6(9)3-5(8)4-7(10)12-2;7-9-5-1-3-6(4-2-5)12(8,10)11;/h2-5H,6-7,13H2,1H3;3-4H2,1-2H3;1-4,9H,7H2,(H2,8,10,11);1H. The van der Waals surface area contributed by atoms with Gasteiger partial charge < -0.3 is 19.6 Å². The number of ketones is 1. The van der Waals surface area contributed by atoms with Gasteiger partial charge >= 0.3 is 17.9 Å². The van der Waals surface area contributed by atoms with Gasteiger partial charge in [-0.1, -0.05) is 0 Å². The Kier molecular flexibility index (Phi) is 19.6. The van der Waals surface area contributed by atoms with Crippen LogP contribution in [-0.4, -0.2) is 65.1 Å². The van der Waals surface area contributed by atoms with Gasteiger partial charge in [-0.2, -0.15) is 11.0 Å². The fourth-order valence-corrected chi connectivity index (χ4v) is 3.87. The summed E-state index contributed by atoms with van der Waals surface area (Å²) in [5, 5.41) is 10.3. The Morgan fingerprint density at radius 1 is 0.913 bits per heavy atom. The van der Waals surface area contributed by atoms with E-state index in [-0.39, 0.29) is 48.9 Å². The van der Waals surface area contributed by atoms with Crippen molar-refractivity contribution >= 4 is 81.2 Å². The molecular formula is C25H33ClN6O12S2. The predicted molar refractivity (Wildman–Crippen MR) is 166 cm³/mol. The lowest BCUT2D eigenvalue weighted by atomic mass is 10.2. The smallest absolute Gasteiger partial charge is 0.313 e. The van der Waals surface area contributed by atoms with Gasteiger partial charge in [-0.25, -0.2) is 18.6 Å². The maximum atomic E-state index is 11.9. The summed E-state index contributed by atoms with van der Waals surface area (Å²) < 4.78 is 39.0. The van der Waals surface area contributed by atoms with Gasteiger partial charge in [0.1, 0.15) is 12.8 Å². The number of rotatable bonds is 12. The van der Waals surface area contributed by atoms with Crippen molar-refractivity contribution in [1.82, 2.24) is 0 Å². The van der Waals surface area contributed by atoms with Crippen LogP contribution < -0.4 is 27.3 Å². The van der Waals surface area contributed by atoms with Crippen LogP contribution in [0.4, 0.5) is 11.4 Å². The third-order valence-corrected chi connectivity index (χ3v) is 6.69. The van der Waals surface area contributed by atoms with E-state index in [2.05, 4.69) is 34.1 Å². The van der Waals surface area contributed by atoms with Crippen molar-refractivity contribution in [3.8, 4) is 0 Å². The number of halogens is 1. The van der Waals surface area contributed by atoms with E-state index in [0.29, 0.717) is 17.1 Å². The molecule has 2 aromatic rings. The minimum absolute atomic E-state index is 0. The van der Waals surface area contributed by atoms with Crippen molar-refractivity contribution in [2.45, 2.75) is 35.5 Å². The first-order valence-corrected chi connectivity index (χ1v) is 14.6. The number of nitrogen functional groups attached to an aromatic ring is 1. The maximum Gasteiger partial charge on any atom is 0.313 e. The van der Waals surface area contributed by atoms with Crippen LogP contribution in [0.25, 0.3) is 0 Å². The Hall–Kier alpha value is -4.15. The van der Waals surface area contributed by atoms with Crippen molar-refractivity contribution in [2.24, 2.45) is 22.0 Å². The molecule has 0 atom stereocenters. The number of carbonyl (C=O) groups is 5. The van der Waals surface area contributed by atoms with Gasteiger partial charge in [0.25, 0.3) is 5.91 Å². The zero-order valence-corrected chi connectivity index (χ0v) is 27.1. The molecule has 1 aliphatic heterocycles. The highest BCUT2D eigenvalue weighted by molar-refractivity contribution is 7.94. The molecule has 2 aromatic carbocycles. The number of amides is 1. The SMILES string of the molecule is COC(=O)CC(=O)CC(=O)OC.COC(=O)CC1=NN(c2ccc(SOON)cc2)C(=O)C1.Cl.NNc1ccc(S(N)(=O)=O)cc1. The number of Topliss-reactive ketones (excluding diaryl/α,β-unsaturated/α-hetero) is 1. The molecule has 3 rings (SSSR count). The predicted octanol–water partition coefficient (Wildman–Crippen LogP) is 0.895. The zero-order valence-electron chi connectivity index (χ0n) is 24.7. The number of esters is 3. The Morgan fingerprint density at radius 3 is 1.87 bits per heavy atom. The second-order valence-electron chi connectivity index (χ2n) is 8.30. The number of primary sulfonamides is 1. The highest BCUT2D eigenvalue weighted by Crippen LogP contribution is 2.26. The number of nitrogens with zero attached hydrogens (tertiary/aromatic N) is 2. The van der Waals surface area contributed by atoms with Crippen LogP contribution in [0.5, 0.6) is 0 Å². The van der Waals surface area contributed by atoms with E-state index < -0.39 is 33.7 Å². The van der Waals surface area contributed by atoms with E-state index >= 15 is 0 Å². The lowest BCUT2D eigenvalue weighted by Gasteiger charge is -2.11. The van der Waals surface area contributed by atoms with E-state index in [1.165, 1.54) is 50.6 Å². The first-order chi connectivity index (χ1) is 21.3. The lowest BCUT2D eigenvalue weighted by Crippen LogP contribution is -2.19. The molecule has 7 N–H and O–H groups in total. The molecule has 0 fully saturated rings. The number of nitrogens with two attached hydrogens (primary N) is 3. The number of anilines is 2. The van der Waals surface area contributed by atoms with E-state index in [1.807, 2.05) is 0 Å². The molecule has 1 aliphatic rings. The van der Waals surface area contributed by atoms with Crippen molar-refractivity contribution in [2.75, 3.05) is 31.8 Å². The topological polar surface area (TPSA) is 271 Å². The van der Waals surface area contributed by atoms with Crippen LogP contribution in [0.15, 0.2) is 63.4 Å². The van der Waals surface area contributed by atoms with E-state index in [9.17, 15) is 32.4 Å². The number of nitrogens with one attached hydrogen (secondary N) is 1. The van der Waals surface area contributed by atoms with E-state index in [4.69, 9.17) is 16.9 Å². The van der Waals surface area contributed by atoms with Gasteiger partial charge in [0.05, 0.1) is 62.5 Å². The molecule has 254 valence electrons. The molecular weight excluding hydrogens is 676 g/mol. The molecule has 46 heavy (non-hydrogen) atoms. The fourth-order valence-electron chi connectivity index (χ4n) is 2.99. The van der Waals surface area contributed by atoms with Crippen LogP contribution in [0.1, 0.15) is 25.7 Å². The third kappa shape index (κ3) is 15.7. The van der Waals surface area contributed by atoms with Gasteiger partial charge in [0.2, 0.25) is 10.0 Å². The monoisotopic (exact) mass is 708 g/mol. The third-order valence-electron chi connectivity index (χ3n) is 5.15. The van der Waals surface area contributed by atoms with Gasteiger partial charge in [0.15, 0.2) is 5.78 Å². The molecule has 0 radical (unpaired) electrons. The molecule has 1 amide bonds. The first kappa shape index (κ1) is 41.9. The summed E-state index contributed by atoms with van der Waals surface area (Å²) in [5.74, 6) is 7.39. The van der Waals surface area contributed by atoms with Gasteiger partial charge in [0, 0.05) is 10.6 Å². The number of hydrazine groups is 1. The molecule has 1 heterocycles. The van der Waals surface area contributed by atoms with Crippen molar-refractivity contribution in [3.05, 3.63) is 48.5 Å². The minimum Gasteiger partial charge on any atom is -0.469 e. The average Bonchev–Trinajstić information content (AvgIpc) is 3.39. The number of ether oxygens (including phenoxy) is 3. The number of carbonyl (C=O) groups excluding carboxylic acids is 5. The molecule has 0 aliphatic carbocycles. The number of sulfonamides is 1. The zero-order chi connectivity index (χ0) is 34.0. The minimum atomic E-state index is -3.60. The largest absolute Gasteiger partial charge is 0.469 e. The molecule has 18 nitrogen and oxygen atoms in total. The fraction of sp³-hybridized carbons (Fsp3) is 0.280. The molecule has 0 saturated heterocycles. The van der Waals surface area contributed by atoms with Crippen molar-refractivity contribution < 1.29 is 55.9 Å². The highest BCUT2D eigenvalue weighted by Gasteiger charge is 2.26. The van der Waals surface area contributed by atoms with Crippen LogP contribution >= 0.6 is 24.4 Å².